The molecule has 0 amide bonds. The summed E-state index contributed by atoms with van der Waals surface area (Å²) in [5.74, 6) is -0.0986. The van der Waals surface area contributed by atoms with Crippen LogP contribution in [0.4, 0.5) is 8.78 Å². The van der Waals surface area contributed by atoms with Gasteiger partial charge in [0.25, 0.3) is 6.43 Å². The largest absolute Gasteiger partial charge is 0.310 e. The quantitative estimate of drug-likeness (QED) is 0.895. The molecule has 21 heavy (non-hydrogen) atoms. The van der Waals surface area contributed by atoms with Crippen LogP contribution in [0.25, 0.3) is 0 Å². The zero-order valence-corrected chi connectivity index (χ0v) is 12.7. The molecule has 2 aliphatic rings. The molecule has 2 heterocycles. The van der Waals surface area contributed by atoms with Gasteiger partial charge in [0.15, 0.2) is 9.84 Å². The second-order valence-corrected chi connectivity index (χ2v) is 8.45. The van der Waals surface area contributed by atoms with Crippen LogP contribution in [-0.2, 0) is 21.9 Å². The Labute approximate surface area is 122 Å². The fourth-order valence-electron chi connectivity index (χ4n) is 2.89. The van der Waals surface area contributed by atoms with E-state index in [2.05, 4.69) is 10.4 Å². The molecule has 1 N–H and O–H groups in total. The van der Waals surface area contributed by atoms with Crippen LogP contribution in [0.3, 0.4) is 0 Å². The minimum atomic E-state index is -3.17. The van der Waals surface area contributed by atoms with E-state index < -0.39 is 21.8 Å². The van der Waals surface area contributed by atoms with Crippen LogP contribution < -0.4 is 5.32 Å². The first-order valence-corrected chi connectivity index (χ1v) is 8.92. The van der Waals surface area contributed by atoms with Gasteiger partial charge in [-0.15, -0.1) is 0 Å². The van der Waals surface area contributed by atoms with E-state index in [9.17, 15) is 17.2 Å². The van der Waals surface area contributed by atoms with Crippen LogP contribution in [-0.4, -0.2) is 35.7 Å². The Morgan fingerprint density at radius 3 is 2.76 bits per heavy atom. The summed E-state index contributed by atoms with van der Waals surface area (Å²) in [5, 5.41) is 7.28. The predicted octanol–water partition coefficient (Wildman–Crippen LogP) is 1.61. The van der Waals surface area contributed by atoms with Crippen LogP contribution in [0.2, 0.25) is 0 Å². The molecule has 0 radical (unpaired) electrons. The molecule has 1 atom stereocenters. The molecule has 118 valence electrons. The molecular weight excluding hydrogens is 300 g/mol. The SMILES string of the molecule is CC1(n2ncc(CNC3CC3)c2C(F)F)CCS(=O)(=O)C1. The van der Waals surface area contributed by atoms with E-state index in [-0.39, 0.29) is 17.2 Å². The zero-order valence-electron chi connectivity index (χ0n) is 11.8. The van der Waals surface area contributed by atoms with Crippen LogP contribution in [0, 0.1) is 0 Å². The van der Waals surface area contributed by atoms with E-state index in [1.54, 1.807) is 6.92 Å². The Morgan fingerprint density at radius 2 is 2.24 bits per heavy atom. The molecule has 1 aromatic rings. The lowest BCUT2D eigenvalue weighted by molar-refractivity contribution is 0.127. The predicted molar refractivity (Wildman–Crippen MR) is 74.0 cm³/mol. The summed E-state index contributed by atoms with van der Waals surface area (Å²) in [4.78, 5) is 0. The third-order valence-corrected chi connectivity index (χ3v) is 6.13. The maximum Gasteiger partial charge on any atom is 0.280 e. The standard InChI is InChI=1S/C13H19F2N3O2S/c1-13(4-5-21(19,20)8-13)18-11(12(14)15)9(7-17-18)6-16-10-2-3-10/h7,10,12,16H,2-6,8H2,1H3. The van der Waals surface area contributed by atoms with Gasteiger partial charge in [0.05, 0.1) is 23.2 Å². The number of alkyl halides is 2. The van der Waals surface area contributed by atoms with Gasteiger partial charge in [-0.1, -0.05) is 0 Å². The van der Waals surface area contributed by atoms with Crippen molar-refractivity contribution in [3.05, 3.63) is 17.5 Å². The normalized spacial score (nSPS) is 28.4. The average Bonchev–Trinajstić information content (AvgIpc) is 3.02. The highest BCUT2D eigenvalue weighted by molar-refractivity contribution is 7.91. The Hall–Kier alpha value is -1.02. The first-order chi connectivity index (χ1) is 9.81. The van der Waals surface area contributed by atoms with Crippen LogP contribution in [0.5, 0.6) is 0 Å². The molecule has 1 aliphatic carbocycles. The third kappa shape index (κ3) is 2.96. The minimum Gasteiger partial charge on any atom is -0.310 e. The van der Waals surface area contributed by atoms with Crippen LogP contribution in [0.15, 0.2) is 6.20 Å². The van der Waals surface area contributed by atoms with E-state index in [1.165, 1.54) is 10.9 Å². The van der Waals surface area contributed by atoms with Crippen molar-refractivity contribution >= 4 is 9.84 Å². The van der Waals surface area contributed by atoms with E-state index in [4.69, 9.17) is 0 Å². The highest BCUT2D eigenvalue weighted by Crippen LogP contribution is 2.35. The van der Waals surface area contributed by atoms with Crippen molar-refractivity contribution in [3.63, 3.8) is 0 Å². The molecule has 5 nitrogen and oxygen atoms in total. The molecule has 0 bridgehead atoms. The third-order valence-electron chi connectivity index (χ3n) is 4.25. The summed E-state index contributed by atoms with van der Waals surface area (Å²) in [7, 11) is -3.17. The number of rotatable bonds is 5. The highest BCUT2D eigenvalue weighted by atomic mass is 32.2. The smallest absolute Gasteiger partial charge is 0.280 e. The molecule has 1 unspecified atom stereocenters. The number of halogens is 2. The Kier molecular flexibility index (Phi) is 3.56. The summed E-state index contributed by atoms with van der Waals surface area (Å²) >= 11 is 0. The lowest BCUT2D eigenvalue weighted by atomic mass is 10.0. The summed E-state index contributed by atoms with van der Waals surface area (Å²) in [6, 6.07) is 0.418. The molecule has 1 saturated heterocycles. The van der Waals surface area contributed by atoms with Crippen molar-refractivity contribution in [2.75, 3.05) is 11.5 Å². The number of sulfone groups is 1. The molecule has 3 rings (SSSR count). The van der Waals surface area contributed by atoms with E-state index in [0.29, 0.717) is 24.6 Å². The molecule has 0 spiro atoms. The van der Waals surface area contributed by atoms with Gasteiger partial charge < -0.3 is 5.32 Å². The van der Waals surface area contributed by atoms with Gasteiger partial charge in [0, 0.05) is 18.2 Å². The molecule has 8 heteroatoms. The van der Waals surface area contributed by atoms with Gasteiger partial charge in [-0.2, -0.15) is 5.10 Å². The highest BCUT2D eigenvalue weighted by Gasteiger charge is 2.43. The Balaban J connectivity index is 1.90. The molecule has 0 aromatic carbocycles. The zero-order chi connectivity index (χ0) is 15.3. The van der Waals surface area contributed by atoms with Crippen LogP contribution >= 0.6 is 0 Å². The van der Waals surface area contributed by atoms with Crippen molar-refractivity contribution in [1.82, 2.24) is 15.1 Å². The second-order valence-electron chi connectivity index (χ2n) is 6.26. The van der Waals surface area contributed by atoms with Gasteiger partial charge in [-0.25, -0.2) is 17.2 Å². The molecule has 2 fully saturated rings. The second kappa shape index (κ2) is 5.01. The number of hydrogen-bond donors (Lipinski definition) is 1. The van der Waals surface area contributed by atoms with Crippen molar-refractivity contribution < 1.29 is 17.2 Å². The Morgan fingerprint density at radius 1 is 1.52 bits per heavy atom. The fourth-order valence-corrected chi connectivity index (χ4v) is 5.00. The molecule has 1 saturated carbocycles. The maximum atomic E-state index is 13.4. The number of nitrogens with one attached hydrogen (secondary N) is 1. The van der Waals surface area contributed by atoms with Gasteiger partial charge in [-0.3, -0.25) is 4.68 Å². The first kappa shape index (κ1) is 14.9. The van der Waals surface area contributed by atoms with E-state index in [0.717, 1.165) is 12.8 Å². The van der Waals surface area contributed by atoms with Gasteiger partial charge in [-0.05, 0) is 26.2 Å². The summed E-state index contributed by atoms with van der Waals surface area (Å²) in [6.45, 7) is 2.04. The van der Waals surface area contributed by atoms with Gasteiger partial charge >= 0.3 is 0 Å². The van der Waals surface area contributed by atoms with Crippen molar-refractivity contribution in [3.8, 4) is 0 Å². The van der Waals surface area contributed by atoms with Crippen molar-refractivity contribution in [2.24, 2.45) is 0 Å². The summed E-state index contributed by atoms with van der Waals surface area (Å²) < 4.78 is 51.5. The van der Waals surface area contributed by atoms with E-state index >= 15 is 0 Å². The minimum absolute atomic E-state index is 0.0295. The van der Waals surface area contributed by atoms with Gasteiger partial charge in [0.2, 0.25) is 0 Å². The molecular formula is C13H19F2N3O2S. The maximum absolute atomic E-state index is 13.4. The summed E-state index contributed by atoms with van der Waals surface area (Å²) in [6.07, 6.45) is 1.25. The number of nitrogens with zero attached hydrogens (tertiary/aromatic N) is 2. The number of aromatic nitrogens is 2. The summed E-state index contributed by atoms with van der Waals surface area (Å²) in [5.41, 5.74) is -0.562. The van der Waals surface area contributed by atoms with E-state index in [1.807, 2.05) is 0 Å². The molecule has 1 aliphatic heterocycles. The number of hydrogen-bond acceptors (Lipinski definition) is 4. The Bertz CT molecular complexity index is 640. The van der Waals surface area contributed by atoms with Crippen molar-refractivity contribution in [2.45, 2.75) is 50.7 Å². The lowest BCUT2D eigenvalue weighted by Crippen LogP contribution is -2.34. The molecule has 1 aromatic heterocycles. The first-order valence-electron chi connectivity index (χ1n) is 7.10. The van der Waals surface area contributed by atoms with Gasteiger partial charge in [0.1, 0.15) is 5.69 Å². The lowest BCUT2D eigenvalue weighted by Gasteiger charge is -2.25. The van der Waals surface area contributed by atoms with Crippen LogP contribution in [0.1, 0.15) is 43.9 Å². The average molecular weight is 319 g/mol. The fraction of sp³-hybridized carbons (Fsp3) is 0.769. The van der Waals surface area contributed by atoms with Crippen molar-refractivity contribution in [1.29, 1.82) is 0 Å². The monoisotopic (exact) mass is 319 g/mol. The topological polar surface area (TPSA) is 64.0 Å².